The molecule has 0 aliphatic carbocycles. The number of hydrogen-bond donors (Lipinski definition) is 0. The summed E-state index contributed by atoms with van der Waals surface area (Å²) in [6.45, 7) is 6.97. The minimum atomic E-state index is 0.169. The van der Waals surface area contributed by atoms with Gasteiger partial charge in [-0.05, 0) is 13.3 Å². The zero-order valence-corrected chi connectivity index (χ0v) is 6.92. The van der Waals surface area contributed by atoms with Crippen molar-refractivity contribution in [3.63, 3.8) is 0 Å². The molecule has 0 aromatic rings. The molecule has 1 fully saturated rings. The van der Waals surface area contributed by atoms with Gasteiger partial charge in [-0.1, -0.05) is 13.8 Å². The van der Waals surface area contributed by atoms with Gasteiger partial charge in [-0.2, -0.15) is 0 Å². The fourth-order valence-electron chi connectivity index (χ4n) is 1.18. The van der Waals surface area contributed by atoms with E-state index in [1.807, 2.05) is 18.7 Å². The Morgan fingerprint density at radius 2 is 2.20 bits per heavy atom. The molecule has 0 aromatic carbocycles. The summed E-state index contributed by atoms with van der Waals surface area (Å²) >= 11 is 0. The molecule has 10 heavy (non-hydrogen) atoms. The van der Waals surface area contributed by atoms with Crippen LogP contribution in [0, 0.1) is 5.92 Å². The van der Waals surface area contributed by atoms with Crippen LogP contribution in [-0.2, 0) is 4.79 Å². The molecule has 1 heterocycles. The summed E-state index contributed by atoms with van der Waals surface area (Å²) in [4.78, 5) is 13.2. The van der Waals surface area contributed by atoms with Crippen molar-refractivity contribution in [1.29, 1.82) is 0 Å². The lowest BCUT2D eigenvalue weighted by atomic mass is 10.0. The smallest absolute Gasteiger partial charge is 0.225 e. The van der Waals surface area contributed by atoms with E-state index in [-0.39, 0.29) is 5.92 Å². The molecule has 1 aliphatic rings. The molecule has 58 valence electrons. The van der Waals surface area contributed by atoms with Gasteiger partial charge in [0.25, 0.3) is 0 Å². The van der Waals surface area contributed by atoms with Crippen molar-refractivity contribution in [3.05, 3.63) is 0 Å². The lowest BCUT2D eigenvalue weighted by molar-refractivity contribution is -0.141. The van der Waals surface area contributed by atoms with Crippen molar-refractivity contribution >= 4 is 5.91 Å². The average molecular weight is 141 g/mol. The highest BCUT2D eigenvalue weighted by atomic mass is 16.2. The second-order valence-electron chi connectivity index (χ2n) is 3.32. The lowest BCUT2D eigenvalue weighted by Crippen LogP contribution is -2.50. The maximum Gasteiger partial charge on any atom is 0.225 e. The fraction of sp³-hybridized carbons (Fsp3) is 0.875. The molecule has 2 nitrogen and oxygen atoms in total. The van der Waals surface area contributed by atoms with Crippen molar-refractivity contribution in [2.24, 2.45) is 5.92 Å². The van der Waals surface area contributed by atoms with Crippen molar-refractivity contribution < 1.29 is 4.79 Å². The predicted molar refractivity (Wildman–Crippen MR) is 40.6 cm³/mol. The Kier molecular flexibility index (Phi) is 1.97. The highest BCUT2D eigenvalue weighted by molar-refractivity contribution is 5.79. The number of carbonyl (C=O) groups is 1. The molecule has 0 N–H and O–H groups in total. The van der Waals surface area contributed by atoms with Gasteiger partial charge in [-0.15, -0.1) is 0 Å². The SMILES string of the molecule is CC(C)C(=O)N1CCC1C. The van der Waals surface area contributed by atoms with Crippen molar-refractivity contribution in [3.8, 4) is 0 Å². The Labute approximate surface area is 62.2 Å². The topological polar surface area (TPSA) is 20.3 Å². The second kappa shape index (κ2) is 2.60. The minimum absolute atomic E-state index is 0.169. The Morgan fingerprint density at radius 3 is 2.30 bits per heavy atom. The summed E-state index contributed by atoms with van der Waals surface area (Å²) in [5.74, 6) is 0.474. The quantitative estimate of drug-likeness (QED) is 0.538. The van der Waals surface area contributed by atoms with E-state index >= 15 is 0 Å². The molecule has 1 amide bonds. The third kappa shape index (κ3) is 1.15. The maximum atomic E-state index is 11.3. The zero-order chi connectivity index (χ0) is 7.72. The molecular formula is C8H15NO. The summed E-state index contributed by atoms with van der Waals surface area (Å²) < 4.78 is 0. The van der Waals surface area contributed by atoms with E-state index in [0.717, 1.165) is 6.54 Å². The molecule has 2 heteroatoms. The van der Waals surface area contributed by atoms with E-state index in [1.165, 1.54) is 6.42 Å². The van der Waals surface area contributed by atoms with E-state index in [1.54, 1.807) is 0 Å². The van der Waals surface area contributed by atoms with Crippen LogP contribution in [-0.4, -0.2) is 23.4 Å². The molecule has 0 aromatic heterocycles. The first-order chi connectivity index (χ1) is 4.63. The predicted octanol–water partition coefficient (Wildman–Crippen LogP) is 1.26. The summed E-state index contributed by atoms with van der Waals surface area (Å²) in [5.41, 5.74) is 0. The first-order valence-electron chi connectivity index (χ1n) is 3.93. The van der Waals surface area contributed by atoms with Crippen LogP contribution in [0.3, 0.4) is 0 Å². The molecule has 1 saturated heterocycles. The normalized spacial score (nSPS) is 24.8. The first kappa shape index (κ1) is 7.58. The molecule has 0 saturated carbocycles. The second-order valence-corrected chi connectivity index (χ2v) is 3.32. The first-order valence-corrected chi connectivity index (χ1v) is 3.93. The van der Waals surface area contributed by atoms with Crippen LogP contribution in [0.2, 0.25) is 0 Å². The Morgan fingerprint density at radius 1 is 1.60 bits per heavy atom. The monoisotopic (exact) mass is 141 g/mol. The zero-order valence-electron chi connectivity index (χ0n) is 6.92. The number of amides is 1. The summed E-state index contributed by atoms with van der Waals surface area (Å²) in [5, 5.41) is 0. The molecular weight excluding hydrogens is 126 g/mol. The van der Waals surface area contributed by atoms with E-state index in [9.17, 15) is 4.79 Å². The highest BCUT2D eigenvalue weighted by Crippen LogP contribution is 2.18. The number of hydrogen-bond acceptors (Lipinski definition) is 1. The van der Waals surface area contributed by atoms with Crippen LogP contribution in [0.15, 0.2) is 0 Å². The van der Waals surface area contributed by atoms with Gasteiger partial charge in [-0.25, -0.2) is 0 Å². The Hall–Kier alpha value is -0.530. The standard InChI is InChI=1S/C8H15NO/c1-6(2)8(10)9-5-4-7(9)3/h6-7H,4-5H2,1-3H3. The maximum absolute atomic E-state index is 11.3. The Bertz CT molecular complexity index is 142. The van der Waals surface area contributed by atoms with Crippen LogP contribution in [0.25, 0.3) is 0 Å². The van der Waals surface area contributed by atoms with Gasteiger partial charge in [0, 0.05) is 18.5 Å². The summed E-state index contributed by atoms with van der Waals surface area (Å²) in [6.07, 6.45) is 1.18. The van der Waals surface area contributed by atoms with Gasteiger partial charge in [0.15, 0.2) is 0 Å². The molecule has 0 bridgehead atoms. The Balaban J connectivity index is 2.42. The summed E-state index contributed by atoms with van der Waals surface area (Å²) in [7, 11) is 0. The van der Waals surface area contributed by atoms with E-state index in [0.29, 0.717) is 11.9 Å². The molecule has 1 aliphatic heterocycles. The number of nitrogens with zero attached hydrogens (tertiary/aromatic N) is 1. The average Bonchev–Trinajstić information content (AvgIpc) is 1.84. The third-order valence-corrected chi connectivity index (χ3v) is 2.10. The molecule has 1 rings (SSSR count). The van der Waals surface area contributed by atoms with Gasteiger partial charge in [0.05, 0.1) is 0 Å². The fourth-order valence-corrected chi connectivity index (χ4v) is 1.18. The van der Waals surface area contributed by atoms with Crippen LogP contribution in [0.5, 0.6) is 0 Å². The van der Waals surface area contributed by atoms with Crippen LogP contribution < -0.4 is 0 Å². The minimum Gasteiger partial charge on any atom is -0.340 e. The van der Waals surface area contributed by atoms with Gasteiger partial charge in [0.2, 0.25) is 5.91 Å². The molecule has 1 atom stereocenters. The van der Waals surface area contributed by atoms with Gasteiger partial charge in [0.1, 0.15) is 0 Å². The lowest BCUT2D eigenvalue weighted by Gasteiger charge is -2.39. The van der Waals surface area contributed by atoms with Crippen LogP contribution >= 0.6 is 0 Å². The van der Waals surface area contributed by atoms with Crippen molar-refractivity contribution in [1.82, 2.24) is 4.90 Å². The van der Waals surface area contributed by atoms with Crippen LogP contribution in [0.1, 0.15) is 27.2 Å². The summed E-state index contributed by atoms with van der Waals surface area (Å²) in [6, 6.07) is 0.495. The number of likely N-dealkylation sites (tertiary alicyclic amines) is 1. The van der Waals surface area contributed by atoms with E-state index < -0.39 is 0 Å². The third-order valence-electron chi connectivity index (χ3n) is 2.10. The largest absolute Gasteiger partial charge is 0.340 e. The number of carbonyl (C=O) groups excluding carboxylic acids is 1. The molecule has 1 unspecified atom stereocenters. The van der Waals surface area contributed by atoms with E-state index in [2.05, 4.69) is 6.92 Å². The van der Waals surface area contributed by atoms with Gasteiger partial charge >= 0.3 is 0 Å². The molecule has 0 radical (unpaired) electrons. The van der Waals surface area contributed by atoms with Gasteiger partial charge in [-0.3, -0.25) is 4.79 Å². The van der Waals surface area contributed by atoms with Crippen molar-refractivity contribution in [2.45, 2.75) is 33.2 Å². The van der Waals surface area contributed by atoms with Crippen LogP contribution in [0.4, 0.5) is 0 Å². The molecule has 0 spiro atoms. The van der Waals surface area contributed by atoms with Crippen molar-refractivity contribution in [2.75, 3.05) is 6.54 Å². The van der Waals surface area contributed by atoms with Gasteiger partial charge < -0.3 is 4.90 Å². The van der Waals surface area contributed by atoms with E-state index in [4.69, 9.17) is 0 Å². The number of rotatable bonds is 1. The highest BCUT2D eigenvalue weighted by Gasteiger charge is 2.29.